The predicted molar refractivity (Wildman–Crippen MR) is 51.5 cm³/mol. The Kier molecular flexibility index (Phi) is 1.81. The summed E-state index contributed by atoms with van der Waals surface area (Å²) in [6.07, 6.45) is 0. The molecule has 1 aromatic carbocycles. The normalized spacial score (nSPS) is 19.5. The Morgan fingerprint density at radius 3 is 2.77 bits per heavy atom. The van der Waals surface area contributed by atoms with E-state index < -0.39 is 0 Å². The lowest BCUT2D eigenvalue weighted by Gasteiger charge is -2.25. The van der Waals surface area contributed by atoms with Crippen LogP contribution in [0.4, 0.5) is 11.4 Å². The van der Waals surface area contributed by atoms with E-state index in [2.05, 4.69) is 10.6 Å². The van der Waals surface area contributed by atoms with Gasteiger partial charge in [-0.1, -0.05) is 12.1 Å². The number of carbonyl (C=O) groups excluding carboxylic acids is 1. The summed E-state index contributed by atoms with van der Waals surface area (Å²) in [5.41, 5.74) is 7.13. The van der Waals surface area contributed by atoms with Gasteiger partial charge in [0, 0.05) is 6.54 Å². The molecule has 0 aliphatic carbocycles. The number of hydrogen-bond donors (Lipinski definition) is 3. The lowest BCUT2D eigenvalue weighted by atomic mass is 10.1. The third kappa shape index (κ3) is 1.42. The zero-order valence-corrected chi connectivity index (χ0v) is 7.08. The van der Waals surface area contributed by atoms with Crippen LogP contribution in [0.3, 0.4) is 0 Å². The van der Waals surface area contributed by atoms with E-state index in [1.807, 2.05) is 24.3 Å². The summed E-state index contributed by atoms with van der Waals surface area (Å²) in [4.78, 5) is 10.9. The second kappa shape index (κ2) is 2.97. The fourth-order valence-corrected chi connectivity index (χ4v) is 1.39. The SMILES string of the molecule is NC(=O)C1CNc2ccccc2N1. The number of nitrogens with one attached hydrogen (secondary N) is 2. The Balaban J connectivity index is 2.24. The van der Waals surface area contributed by atoms with Gasteiger partial charge in [-0.05, 0) is 12.1 Å². The fourth-order valence-electron chi connectivity index (χ4n) is 1.39. The topological polar surface area (TPSA) is 67.2 Å². The van der Waals surface area contributed by atoms with E-state index in [-0.39, 0.29) is 11.9 Å². The molecular formula is C9H11N3O. The number of para-hydroxylation sites is 2. The molecule has 1 atom stereocenters. The van der Waals surface area contributed by atoms with Crippen LogP contribution in [0.25, 0.3) is 0 Å². The highest BCUT2D eigenvalue weighted by atomic mass is 16.1. The average molecular weight is 177 g/mol. The van der Waals surface area contributed by atoms with Gasteiger partial charge in [0.25, 0.3) is 0 Å². The van der Waals surface area contributed by atoms with Crippen molar-refractivity contribution < 1.29 is 4.79 Å². The minimum absolute atomic E-state index is 0.310. The first-order valence-electron chi connectivity index (χ1n) is 4.16. The molecule has 2 rings (SSSR count). The summed E-state index contributed by atoms with van der Waals surface area (Å²) >= 11 is 0. The second-order valence-electron chi connectivity index (χ2n) is 3.03. The summed E-state index contributed by atoms with van der Waals surface area (Å²) in [5, 5.41) is 6.19. The number of amides is 1. The molecule has 1 amide bonds. The molecule has 0 spiro atoms. The largest absolute Gasteiger partial charge is 0.381 e. The van der Waals surface area contributed by atoms with E-state index in [0.29, 0.717) is 6.54 Å². The molecule has 0 saturated heterocycles. The van der Waals surface area contributed by atoms with Crippen molar-refractivity contribution in [3.63, 3.8) is 0 Å². The molecule has 0 aromatic heterocycles. The van der Waals surface area contributed by atoms with Crippen molar-refractivity contribution in [2.45, 2.75) is 6.04 Å². The van der Waals surface area contributed by atoms with Gasteiger partial charge >= 0.3 is 0 Å². The molecule has 4 heteroatoms. The van der Waals surface area contributed by atoms with E-state index in [1.54, 1.807) is 0 Å². The monoisotopic (exact) mass is 177 g/mol. The zero-order valence-electron chi connectivity index (χ0n) is 7.08. The molecule has 68 valence electrons. The van der Waals surface area contributed by atoms with E-state index >= 15 is 0 Å². The van der Waals surface area contributed by atoms with Crippen molar-refractivity contribution in [1.29, 1.82) is 0 Å². The maximum atomic E-state index is 10.9. The maximum Gasteiger partial charge on any atom is 0.241 e. The lowest BCUT2D eigenvalue weighted by molar-refractivity contribution is -0.118. The van der Waals surface area contributed by atoms with E-state index in [0.717, 1.165) is 11.4 Å². The summed E-state index contributed by atoms with van der Waals surface area (Å²) < 4.78 is 0. The van der Waals surface area contributed by atoms with Gasteiger partial charge < -0.3 is 16.4 Å². The molecule has 4 nitrogen and oxygen atoms in total. The van der Waals surface area contributed by atoms with Crippen LogP contribution >= 0.6 is 0 Å². The molecule has 0 saturated carbocycles. The van der Waals surface area contributed by atoms with E-state index in [1.165, 1.54) is 0 Å². The van der Waals surface area contributed by atoms with Crippen molar-refractivity contribution in [1.82, 2.24) is 0 Å². The number of nitrogens with two attached hydrogens (primary N) is 1. The maximum absolute atomic E-state index is 10.9. The summed E-state index contributed by atoms with van der Waals surface area (Å²) in [6.45, 7) is 0.548. The molecule has 0 radical (unpaired) electrons. The lowest BCUT2D eigenvalue weighted by Crippen LogP contribution is -2.43. The molecule has 1 unspecified atom stereocenters. The number of fused-ring (bicyclic) bond motifs is 1. The van der Waals surface area contributed by atoms with Crippen LogP contribution in [0, 0.1) is 0 Å². The van der Waals surface area contributed by atoms with Crippen LogP contribution in [0.1, 0.15) is 0 Å². The summed E-state index contributed by atoms with van der Waals surface area (Å²) in [7, 11) is 0. The van der Waals surface area contributed by atoms with Gasteiger partial charge in [-0.25, -0.2) is 0 Å². The smallest absolute Gasteiger partial charge is 0.241 e. The third-order valence-electron chi connectivity index (χ3n) is 2.10. The van der Waals surface area contributed by atoms with Crippen molar-refractivity contribution in [2.75, 3.05) is 17.2 Å². The molecular weight excluding hydrogens is 166 g/mol. The van der Waals surface area contributed by atoms with Crippen molar-refractivity contribution in [3.8, 4) is 0 Å². The van der Waals surface area contributed by atoms with E-state index in [4.69, 9.17) is 5.73 Å². The Morgan fingerprint density at radius 1 is 1.38 bits per heavy atom. The van der Waals surface area contributed by atoms with Crippen LogP contribution < -0.4 is 16.4 Å². The van der Waals surface area contributed by atoms with Crippen LogP contribution in [0.5, 0.6) is 0 Å². The van der Waals surface area contributed by atoms with Crippen LogP contribution in [-0.2, 0) is 4.79 Å². The van der Waals surface area contributed by atoms with Crippen molar-refractivity contribution in [2.24, 2.45) is 5.73 Å². The predicted octanol–water partition coefficient (Wildman–Crippen LogP) is 0.378. The molecule has 1 aliphatic rings. The molecule has 0 fully saturated rings. The first-order valence-corrected chi connectivity index (χ1v) is 4.16. The van der Waals surface area contributed by atoms with Crippen LogP contribution in [0.2, 0.25) is 0 Å². The van der Waals surface area contributed by atoms with Crippen LogP contribution in [0.15, 0.2) is 24.3 Å². The Morgan fingerprint density at radius 2 is 2.08 bits per heavy atom. The quantitative estimate of drug-likeness (QED) is 0.581. The second-order valence-corrected chi connectivity index (χ2v) is 3.03. The van der Waals surface area contributed by atoms with Gasteiger partial charge in [0.05, 0.1) is 11.4 Å². The standard InChI is InChI=1S/C9H11N3O/c10-9(13)8-5-11-6-3-1-2-4-7(6)12-8/h1-4,8,11-12H,5H2,(H2,10,13). The molecule has 1 aromatic rings. The fraction of sp³-hybridized carbons (Fsp3) is 0.222. The van der Waals surface area contributed by atoms with Gasteiger partial charge in [-0.15, -0.1) is 0 Å². The molecule has 1 aliphatic heterocycles. The minimum atomic E-state index is -0.331. The molecule has 13 heavy (non-hydrogen) atoms. The number of anilines is 2. The number of rotatable bonds is 1. The van der Waals surface area contributed by atoms with E-state index in [9.17, 15) is 4.79 Å². The van der Waals surface area contributed by atoms with Gasteiger partial charge in [0.15, 0.2) is 0 Å². The third-order valence-corrected chi connectivity index (χ3v) is 2.10. The van der Waals surface area contributed by atoms with Crippen LogP contribution in [-0.4, -0.2) is 18.5 Å². The first kappa shape index (κ1) is 7.91. The Hall–Kier alpha value is -1.71. The average Bonchev–Trinajstić information content (AvgIpc) is 2.17. The number of carbonyl (C=O) groups is 1. The van der Waals surface area contributed by atoms with Gasteiger partial charge in [-0.2, -0.15) is 0 Å². The van der Waals surface area contributed by atoms with Gasteiger partial charge in [0.1, 0.15) is 6.04 Å². The summed E-state index contributed by atoms with van der Waals surface area (Å²) in [6, 6.07) is 7.42. The highest BCUT2D eigenvalue weighted by molar-refractivity contribution is 5.87. The number of primary amides is 1. The number of hydrogen-bond acceptors (Lipinski definition) is 3. The van der Waals surface area contributed by atoms with Gasteiger partial charge in [0.2, 0.25) is 5.91 Å². The molecule has 1 heterocycles. The first-order chi connectivity index (χ1) is 6.27. The zero-order chi connectivity index (χ0) is 9.26. The van der Waals surface area contributed by atoms with Gasteiger partial charge in [-0.3, -0.25) is 4.79 Å². The highest BCUT2D eigenvalue weighted by Gasteiger charge is 2.20. The molecule has 4 N–H and O–H groups in total. The number of benzene rings is 1. The highest BCUT2D eigenvalue weighted by Crippen LogP contribution is 2.24. The summed E-state index contributed by atoms with van der Waals surface area (Å²) in [5.74, 6) is -0.331. The Labute approximate surface area is 76.1 Å². The van der Waals surface area contributed by atoms with Crippen molar-refractivity contribution >= 4 is 17.3 Å². The van der Waals surface area contributed by atoms with Crippen molar-refractivity contribution in [3.05, 3.63) is 24.3 Å². The minimum Gasteiger partial charge on any atom is -0.381 e. The Bertz CT molecular complexity index is 337. The molecule has 0 bridgehead atoms.